The van der Waals surface area contributed by atoms with Crippen LogP contribution in [0.5, 0.6) is 0 Å². The van der Waals surface area contributed by atoms with E-state index in [0.717, 1.165) is 5.56 Å². The first kappa shape index (κ1) is 11.7. The first-order valence-corrected chi connectivity index (χ1v) is 5.53. The van der Waals surface area contributed by atoms with Gasteiger partial charge in [0.1, 0.15) is 5.82 Å². The molecule has 88 valence electrons. The molecule has 0 spiro atoms. The first-order chi connectivity index (χ1) is 8.08. The topological polar surface area (TPSA) is 38.0 Å². The molecule has 0 unspecified atom stereocenters. The molecule has 0 amide bonds. The highest BCUT2D eigenvalue weighted by Crippen LogP contribution is 2.30. The molecule has 0 radical (unpaired) electrons. The summed E-state index contributed by atoms with van der Waals surface area (Å²) in [7, 11) is 0. The lowest BCUT2D eigenvalue weighted by Gasteiger charge is -2.11. The van der Waals surface area contributed by atoms with Crippen molar-refractivity contribution in [3.05, 3.63) is 52.8 Å². The highest BCUT2D eigenvalue weighted by Gasteiger charge is 2.06. The quantitative estimate of drug-likeness (QED) is 0.787. The Balaban J connectivity index is 2.35. The van der Waals surface area contributed by atoms with Crippen molar-refractivity contribution >= 4 is 28.7 Å². The van der Waals surface area contributed by atoms with Crippen LogP contribution in [0.1, 0.15) is 5.56 Å². The van der Waals surface area contributed by atoms with Crippen LogP contribution in [0.25, 0.3) is 0 Å². The van der Waals surface area contributed by atoms with Gasteiger partial charge in [0.25, 0.3) is 0 Å². The molecule has 0 saturated carbocycles. The number of para-hydroxylation sites is 1. The van der Waals surface area contributed by atoms with Gasteiger partial charge in [0, 0.05) is 0 Å². The van der Waals surface area contributed by atoms with E-state index in [9.17, 15) is 4.39 Å². The van der Waals surface area contributed by atoms with Gasteiger partial charge in [-0.15, -0.1) is 0 Å². The normalized spacial score (nSPS) is 10.3. The molecule has 0 heterocycles. The summed E-state index contributed by atoms with van der Waals surface area (Å²) >= 11 is 5.89. The lowest BCUT2D eigenvalue weighted by molar-refractivity contribution is 0.631. The van der Waals surface area contributed by atoms with Gasteiger partial charge in [-0.1, -0.05) is 23.7 Å². The Morgan fingerprint density at radius 1 is 1.18 bits per heavy atom. The average molecular weight is 251 g/mol. The summed E-state index contributed by atoms with van der Waals surface area (Å²) in [6, 6.07) is 10.2. The van der Waals surface area contributed by atoms with E-state index in [1.165, 1.54) is 6.07 Å². The minimum absolute atomic E-state index is 0.315. The number of halogens is 2. The monoisotopic (exact) mass is 250 g/mol. The largest absolute Gasteiger partial charge is 0.396 e. The fourth-order valence-electron chi connectivity index (χ4n) is 1.51. The molecule has 2 aromatic carbocycles. The van der Waals surface area contributed by atoms with Gasteiger partial charge in [-0.2, -0.15) is 0 Å². The second-order valence-corrected chi connectivity index (χ2v) is 4.22. The van der Waals surface area contributed by atoms with Crippen LogP contribution in [0, 0.1) is 12.7 Å². The van der Waals surface area contributed by atoms with Crippen LogP contribution < -0.4 is 11.1 Å². The van der Waals surface area contributed by atoms with Gasteiger partial charge in [0.2, 0.25) is 0 Å². The van der Waals surface area contributed by atoms with Crippen molar-refractivity contribution in [2.45, 2.75) is 6.92 Å². The second kappa shape index (κ2) is 4.63. The fraction of sp³-hybridized carbons (Fsp3) is 0.0769. The summed E-state index contributed by atoms with van der Waals surface area (Å²) in [4.78, 5) is 0. The molecule has 3 N–H and O–H groups in total. The van der Waals surface area contributed by atoms with Crippen molar-refractivity contribution in [2.75, 3.05) is 11.1 Å². The molecular formula is C13H12ClFN2. The Morgan fingerprint density at radius 2 is 1.94 bits per heavy atom. The van der Waals surface area contributed by atoms with E-state index >= 15 is 0 Å². The number of nitrogen functional groups attached to an aromatic ring is 1. The maximum absolute atomic E-state index is 13.6. The smallest absolute Gasteiger partial charge is 0.146 e. The summed E-state index contributed by atoms with van der Waals surface area (Å²) in [6.45, 7) is 1.83. The van der Waals surface area contributed by atoms with Crippen molar-refractivity contribution in [1.82, 2.24) is 0 Å². The van der Waals surface area contributed by atoms with E-state index in [1.54, 1.807) is 24.3 Å². The van der Waals surface area contributed by atoms with Gasteiger partial charge in [-0.3, -0.25) is 0 Å². The van der Waals surface area contributed by atoms with Crippen molar-refractivity contribution in [3.63, 3.8) is 0 Å². The van der Waals surface area contributed by atoms with E-state index in [1.807, 2.05) is 13.0 Å². The van der Waals surface area contributed by atoms with Crippen molar-refractivity contribution in [3.8, 4) is 0 Å². The maximum atomic E-state index is 13.6. The van der Waals surface area contributed by atoms with Crippen LogP contribution in [0.2, 0.25) is 5.02 Å². The zero-order valence-electron chi connectivity index (χ0n) is 9.30. The molecule has 0 aliphatic rings. The van der Waals surface area contributed by atoms with Gasteiger partial charge in [-0.05, 0) is 36.8 Å². The fourth-order valence-corrected chi connectivity index (χ4v) is 1.69. The van der Waals surface area contributed by atoms with Crippen LogP contribution in [0.15, 0.2) is 36.4 Å². The number of hydrogen-bond donors (Lipinski definition) is 2. The van der Waals surface area contributed by atoms with E-state index in [4.69, 9.17) is 17.3 Å². The van der Waals surface area contributed by atoms with Crippen molar-refractivity contribution in [2.24, 2.45) is 0 Å². The van der Waals surface area contributed by atoms with Crippen LogP contribution in [-0.2, 0) is 0 Å². The number of aryl methyl sites for hydroxylation is 1. The molecule has 0 fully saturated rings. The second-order valence-electron chi connectivity index (χ2n) is 3.81. The molecular weight excluding hydrogens is 239 g/mol. The highest BCUT2D eigenvalue weighted by molar-refractivity contribution is 6.33. The molecule has 0 aliphatic heterocycles. The van der Waals surface area contributed by atoms with Gasteiger partial charge in [0.15, 0.2) is 0 Å². The Hall–Kier alpha value is -1.74. The summed E-state index contributed by atoms with van der Waals surface area (Å²) in [6.07, 6.45) is 0. The maximum Gasteiger partial charge on any atom is 0.146 e. The van der Waals surface area contributed by atoms with E-state index in [-0.39, 0.29) is 5.82 Å². The zero-order valence-corrected chi connectivity index (χ0v) is 10.1. The van der Waals surface area contributed by atoms with E-state index in [0.29, 0.717) is 22.1 Å². The molecule has 0 aromatic heterocycles. The third kappa shape index (κ3) is 2.50. The molecule has 0 atom stereocenters. The standard InChI is InChI=1S/C13H12ClFN2/c1-8-5-6-11(10(15)7-8)17-12-4-2-3-9(14)13(12)16/h2-7,17H,16H2,1H3. The van der Waals surface area contributed by atoms with E-state index < -0.39 is 0 Å². The number of nitrogens with one attached hydrogen (secondary N) is 1. The van der Waals surface area contributed by atoms with Gasteiger partial charge >= 0.3 is 0 Å². The Kier molecular flexibility index (Phi) is 3.20. The predicted molar refractivity (Wildman–Crippen MR) is 70.3 cm³/mol. The number of rotatable bonds is 2. The molecule has 2 nitrogen and oxygen atoms in total. The summed E-state index contributed by atoms with van der Waals surface area (Å²) in [5.74, 6) is -0.315. The molecule has 2 aromatic rings. The van der Waals surface area contributed by atoms with Crippen LogP contribution in [0.4, 0.5) is 21.5 Å². The van der Waals surface area contributed by atoms with E-state index in [2.05, 4.69) is 5.32 Å². The third-order valence-electron chi connectivity index (χ3n) is 2.45. The van der Waals surface area contributed by atoms with Crippen molar-refractivity contribution < 1.29 is 4.39 Å². The van der Waals surface area contributed by atoms with Crippen LogP contribution >= 0.6 is 11.6 Å². The zero-order chi connectivity index (χ0) is 12.4. The van der Waals surface area contributed by atoms with Crippen LogP contribution in [0.3, 0.4) is 0 Å². The molecule has 0 bridgehead atoms. The molecule has 2 rings (SSSR count). The Labute approximate surface area is 104 Å². The number of benzene rings is 2. The SMILES string of the molecule is Cc1ccc(Nc2cccc(Cl)c2N)c(F)c1. The third-order valence-corrected chi connectivity index (χ3v) is 2.78. The summed E-state index contributed by atoms with van der Waals surface area (Å²) < 4.78 is 13.6. The molecule has 0 aliphatic carbocycles. The van der Waals surface area contributed by atoms with Crippen LogP contribution in [-0.4, -0.2) is 0 Å². The highest BCUT2D eigenvalue weighted by atomic mass is 35.5. The molecule has 4 heteroatoms. The lowest BCUT2D eigenvalue weighted by Crippen LogP contribution is -1.98. The molecule has 0 saturated heterocycles. The van der Waals surface area contributed by atoms with Gasteiger partial charge in [-0.25, -0.2) is 4.39 Å². The van der Waals surface area contributed by atoms with Gasteiger partial charge in [0.05, 0.1) is 22.1 Å². The van der Waals surface area contributed by atoms with Gasteiger partial charge < -0.3 is 11.1 Å². The average Bonchev–Trinajstić information content (AvgIpc) is 2.28. The summed E-state index contributed by atoms with van der Waals surface area (Å²) in [5.41, 5.74) is 8.05. The van der Waals surface area contributed by atoms with Crippen molar-refractivity contribution in [1.29, 1.82) is 0 Å². The summed E-state index contributed by atoms with van der Waals surface area (Å²) in [5, 5.41) is 3.37. The lowest BCUT2D eigenvalue weighted by atomic mass is 10.2. The molecule has 17 heavy (non-hydrogen) atoms. The minimum Gasteiger partial charge on any atom is -0.396 e. The predicted octanol–water partition coefficient (Wildman–Crippen LogP) is 4.11. The minimum atomic E-state index is -0.315. The Bertz CT molecular complexity index is 555. The number of anilines is 3. The first-order valence-electron chi connectivity index (χ1n) is 5.15. The number of hydrogen-bond acceptors (Lipinski definition) is 2. The number of nitrogens with two attached hydrogens (primary N) is 1. The Morgan fingerprint density at radius 3 is 2.65 bits per heavy atom.